The molecule has 0 saturated carbocycles. The molecular formula is C13H20N4. The number of hydrogen-bond donors (Lipinski definition) is 3. The second-order valence-corrected chi connectivity index (χ2v) is 4.40. The van der Waals surface area contributed by atoms with Crippen molar-refractivity contribution in [3.8, 4) is 0 Å². The van der Waals surface area contributed by atoms with E-state index in [1.807, 2.05) is 18.2 Å². The van der Waals surface area contributed by atoms with Crippen molar-refractivity contribution in [3.05, 3.63) is 18.2 Å². The lowest BCUT2D eigenvalue weighted by atomic mass is 10.1. The van der Waals surface area contributed by atoms with Crippen LogP contribution in [0.15, 0.2) is 18.2 Å². The molecule has 1 aromatic heterocycles. The molecule has 17 heavy (non-hydrogen) atoms. The molecule has 0 aliphatic heterocycles. The monoisotopic (exact) mass is 232 g/mol. The van der Waals surface area contributed by atoms with Gasteiger partial charge in [-0.05, 0) is 31.0 Å². The van der Waals surface area contributed by atoms with Crippen LogP contribution >= 0.6 is 0 Å². The van der Waals surface area contributed by atoms with E-state index in [0.717, 1.165) is 35.5 Å². The molecule has 1 heterocycles. The second-order valence-electron chi connectivity index (χ2n) is 4.40. The Kier molecular flexibility index (Phi) is 3.52. The highest BCUT2D eigenvalue weighted by atomic mass is 15.1. The standard InChI is InChI=1S/C13H20N4/c1-3-5-10(4-2)15-13-16-11-7-6-9(14)8-12(11)17-13/h6-8,10H,3-5,14H2,1-2H3,(H2,15,16,17). The van der Waals surface area contributed by atoms with E-state index in [4.69, 9.17) is 5.73 Å². The van der Waals surface area contributed by atoms with Crippen LogP contribution in [0.2, 0.25) is 0 Å². The van der Waals surface area contributed by atoms with Crippen molar-refractivity contribution in [2.24, 2.45) is 0 Å². The fourth-order valence-electron chi connectivity index (χ4n) is 2.02. The van der Waals surface area contributed by atoms with Gasteiger partial charge in [-0.15, -0.1) is 0 Å². The van der Waals surface area contributed by atoms with Gasteiger partial charge in [0.2, 0.25) is 5.95 Å². The van der Waals surface area contributed by atoms with E-state index < -0.39 is 0 Å². The summed E-state index contributed by atoms with van der Waals surface area (Å²) in [6.45, 7) is 4.39. The number of imidazole rings is 1. The first kappa shape index (κ1) is 11.8. The number of aromatic amines is 1. The summed E-state index contributed by atoms with van der Waals surface area (Å²) in [6.07, 6.45) is 3.45. The third kappa shape index (κ3) is 2.70. The number of nitrogens with one attached hydrogen (secondary N) is 2. The zero-order chi connectivity index (χ0) is 12.3. The van der Waals surface area contributed by atoms with Crippen molar-refractivity contribution in [3.63, 3.8) is 0 Å². The number of nitrogens with two attached hydrogens (primary N) is 1. The first-order chi connectivity index (χ1) is 8.22. The first-order valence-corrected chi connectivity index (χ1v) is 6.24. The normalized spacial score (nSPS) is 12.8. The molecule has 0 aliphatic carbocycles. The summed E-state index contributed by atoms with van der Waals surface area (Å²) in [5.74, 6) is 0.839. The Morgan fingerprint density at radius 3 is 2.94 bits per heavy atom. The van der Waals surface area contributed by atoms with E-state index >= 15 is 0 Å². The van der Waals surface area contributed by atoms with Crippen LogP contribution in [0.1, 0.15) is 33.1 Å². The van der Waals surface area contributed by atoms with Gasteiger partial charge in [0.15, 0.2) is 0 Å². The maximum absolute atomic E-state index is 5.74. The molecule has 4 nitrogen and oxygen atoms in total. The zero-order valence-electron chi connectivity index (χ0n) is 10.5. The third-order valence-corrected chi connectivity index (χ3v) is 2.98. The van der Waals surface area contributed by atoms with Crippen molar-refractivity contribution in [2.75, 3.05) is 11.1 Å². The lowest BCUT2D eigenvalue weighted by molar-refractivity contribution is 0.619. The molecule has 1 atom stereocenters. The predicted octanol–water partition coefficient (Wildman–Crippen LogP) is 3.14. The van der Waals surface area contributed by atoms with Gasteiger partial charge in [0, 0.05) is 11.7 Å². The van der Waals surface area contributed by atoms with Gasteiger partial charge in [-0.25, -0.2) is 4.98 Å². The molecule has 0 spiro atoms. The summed E-state index contributed by atoms with van der Waals surface area (Å²) >= 11 is 0. The van der Waals surface area contributed by atoms with E-state index in [-0.39, 0.29) is 0 Å². The number of hydrogen-bond acceptors (Lipinski definition) is 3. The SMILES string of the molecule is CCCC(CC)Nc1nc2ccc(N)cc2[nH]1. The topological polar surface area (TPSA) is 66.7 Å². The van der Waals surface area contributed by atoms with E-state index in [2.05, 4.69) is 29.1 Å². The Balaban J connectivity index is 2.18. The number of aromatic nitrogens is 2. The molecule has 1 aromatic carbocycles. The molecule has 0 amide bonds. The summed E-state index contributed by atoms with van der Waals surface area (Å²) in [5.41, 5.74) is 8.43. The molecule has 92 valence electrons. The Morgan fingerprint density at radius 1 is 1.41 bits per heavy atom. The lowest BCUT2D eigenvalue weighted by Gasteiger charge is -2.14. The summed E-state index contributed by atoms with van der Waals surface area (Å²) in [6, 6.07) is 6.20. The maximum Gasteiger partial charge on any atom is 0.201 e. The van der Waals surface area contributed by atoms with Gasteiger partial charge in [0.05, 0.1) is 11.0 Å². The fraction of sp³-hybridized carbons (Fsp3) is 0.462. The maximum atomic E-state index is 5.74. The first-order valence-electron chi connectivity index (χ1n) is 6.24. The van der Waals surface area contributed by atoms with Crippen LogP contribution in [0.5, 0.6) is 0 Å². The molecule has 0 aliphatic rings. The van der Waals surface area contributed by atoms with Gasteiger partial charge in [-0.2, -0.15) is 0 Å². The van der Waals surface area contributed by atoms with Crippen LogP contribution in [0, 0.1) is 0 Å². The summed E-state index contributed by atoms with van der Waals surface area (Å²) in [5, 5.41) is 3.43. The summed E-state index contributed by atoms with van der Waals surface area (Å²) in [7, 11) is 0. The van der Waals surface area contributed by atoms with Gasteiger partial charge >= 0.3 is 0 Å². The average molecular weight is 232 g/mol. The van der Waals surface area contributed by atoms with E-state index in [1.165, 1.54) is 6.42 Å². The number of fused-ring (bicyclic) bond motifs is 1. The molecule has 4 N–H and O–H groups in total. The molecule has 2 rings (SSSR count). The van der Waals surface area contributed by atoms with Crippen LogP contribution in [0.3, 0.4) is 0 Å². The van der Waals surface area contributed by atoms with Gasteiger partial charge in [0.25, 0.3) is 0 Å². The third-order valence-electron chi connectivity index (χ3n) is 2.98. The molecule has 1 unspecified atom stereocenters. The van der Waals surface area contributed by atoms with E-state index in [0.29, 0.717) is 6.04 Å². The second kappa shape index (κ2) is 5.08. The molecule has 2 aromatic rings. The Labute approximate surface area is 102 Å². The van der Waals surface area contributed by atoms with Crippen LogP contribution < -0.4 is 11.1 Å². The minimum Gasteiger partial charge on any atom is -0.399 e. The predicted molar refractivity (Wildman–Crippen MR) is 73.1 cm³/mol. The van der Waals surface area contributed by atoms with Crippen molar-refractivity contribution < 1.29 is 0 Å². The van der Waals surface area contributed by atoms with Crippen molar-refractivity contribution in [1.82, 2.24) is 9.97 Å². The molecule has 4 heteroatoms. The Morgan fingerprint density at radius 2 is 2.24 bits per heavy atom. The van der Waals surface area contributed by atoms with Crippen LogP contribution in [-0.2, 0) is 0 Å². The highest BCUT2D eigenvalue weighted by Crippen LogP contribution is 2.18. The summed E-state index contributed by atoms with van der Waals surface area (Å²) in [4.78, 5) is 7.76. The van der Waals surface area contributed by atoms with Gasteiger partial charge in [-0.3, -0.25) is 0 Å². The lowest BCUT2D eigenvalue weighted by Crippen LogP contribution is -2.18. The van der Waals surface area contributed by atoms with Crippen LogP contribution in [0.25, 0.3) is 11.0 Å². The van der Waals surface area contributed by atoms with E-state index in [1.54, 1.807) is 0 Å². The van der Waals surface area contributed by atoms with Gasteiger partial charge < -0.3 is 16.0 Å². The number of rotatable bonds is 5. The van der Waals surface area contributed by atoms with Crippen LogP contribution in [0.4, 0.5) is 11.6 Å². The minimum atomic E-state index is 0.484. The molecule has 0 saturated heterocycles. The zero-order valence-corrected chi connectivity index (χ0v) is 10.5. The fourth-order valence-corrected chi connectivity index (χ4v) is 2.02. The summed E-state index contributed by atoms with van der Waals surface area (Å²) < 4.78 is 0. The molecule has 0 bridgehead atoms. The number of H-pyrrole nitrogens is 1. The average Bonchev–Trinajstić information content (AvgIpc) is 2.69. The molecule has 0 radical (unpaired) electrons. The highest BCUT2D eigenvalue weighted by Gasteiger charge is 2.08. The van der Waals surface area contributed by atoms with E-state index in [9.17, 15) is 0 Å². The number of nitrogen functional groups attached to an aromatic ring is 1. The number of nitrogens with zero attached hydrogens (tertiary/aromatic N) is 1. The Hall–Kier alpha value is -1.71. The number of benzene rings is 1. The van der Waals surface area contributed by atoms with Crippen molar-refractivity contribution in [2.45, 2.75) is 39.2 Å². The smallest absolute Gasteiger partial charge is 0.201 e. The quantitative estimate of drug-likeness (QED) is 0.694. The largest absolute Gasteiger partial charge is 0.399 e. The minimum absolute atomic E-state index is 0.484. The molecular weight excluding hydrogens is 212 g/mol. The number of anilines is 2. The van der Waals surface area contributed by atoms with Gasteiger partial charge in [-0.1, -0.05) is 20.3 Å². The van der Waals surface area contributed by atoms with Gasteiger partial charge in [0.1, 0.15) is 0 Å². The van der Waals surface area contributed by atoms with Crippen molar-refractivity contribution >= 4 is 22.7 Å². The van der Waals surface area contributed by atoms with Crippen molar-refractivity contribution in [1.29, 1.82) is 0 Å². The highest BCUT2D eigenvalue weighted by molar-refractivity contribution is 5.80. The molecule has 0 fully saturated rings. The van der Waals surface area contributed by atoms with Crippen LogP contribution in [-0.4, -0.2) is 16.0 Å². The Bertz CT molecular complexity index is 489.